The van der Waals surface area contributed by atoms with E-state index < -0.39 is 0 Å². The average Bonchev–Trinajstić information content (AvgIpc) is 2.94. The van der Waals surface area contributed by atoms with Crippen LogP contribution in [0.25, 0.3) is 21.8 Å². The number of likely N-dealkylation sites (tertiary alicyclic amines) is 1. The van der Waals surface area contributed by atoms with E-state index in [1.807, 2.05) is 0 Å². The largest absolute Gasteiger partial charge is 0.340 e. The molecule has 2 nitrogen and oxygen atoms in total. The summed E-state index contributed by atoms with van der Waals surface area (Å²) in [4.78, 5) is 2.65. The number of aromatic nitrogens is 1. The van der Waals surface area contributed by atoms with Crippen molar-refractivity contribution in [2.24, 2.45) is 0 Å². The second-order valence-corrected chi connectivity index (χ2v) is 6.80. The van der Waals surface area contributed by atoms with Gasteiger partial charge in [0.25, 0.3) is 0 Å². The van der Waals surface area contributed by atoms with Gasteiger partial charge in [0, 0.05) is 28.4 Å². The van der Waals surface area contributed by atoms with Crippen LogP contribution in [0.2, 0.25) is 0 Å². The van der Waals surface area contributed by atoms with Gasteiger partial charge in [0.05, 0.1) is 0 Å². The quantitative estimate of drug-likeness (QED) is 0.598. The lowest BCUT2D eigenvalue weighted by atomic mass is 10.1. The zero-order valence-corrected chi connectivity index (χ0v) is 13.9. The molecule has 3 aromatic rings. The van der Waals surface area contributed by atoms with Gasteiger partial charge in [0.2, 0.25) is 0 Å². The third kappa shape index (κ3) is 3.00. The number of hydrogen-bond acceptors (Lipinski definition) is 1. The summed E-state index contributed by atoms with van der Waals surface area (Å²) >= 11 is 0. The van der Waals surface area contributed by atoms with Gasteiger partial charge in [-0.15, -0.1) is 0 Å². The highest BCUT2D eigenvalue weighted by atomic mass is 15.1. The maximum absolute atomic E-state index is 2.65. The molecule has 1 fully saturated rings. The molecule has 0 radical (unpaired) electrons. The number of benzene rings is 2. The zero-order chi connectivity index (χ0) is 15.5. The van der Waals surface area contributed by atoms with E-state index in [-0.39, 0.29) is 0 Å². The molecule has 2 aromatic carbocycles. The van der Waals surface area contributed by atoms with Crippen LogP contribution in [0.1, 0.15) is 32.1 Å². The lowest BCUT2D eigenvalue weighted by Gasteiger charge is -2.26. The van der Waals surface area contributed by atoms with Gasteiger partial charge in [-0.2, -0.15) is 0 Å². The molecule has 0 saturated carbocycles. The van der Waals surface area contributed by atoms with Gasteiger partial charge >= 0.3 is 0 Å². The summed E-state index contributed by atoms with van der Waals surface area (Å²) in [6, 6.07) is 17.6. The van der Waals surface area contributed by atoms with Gasteiger partial charge in [-0.3, -0.25) is 0 Å². The van der Waals surface area contributed by atoms with Gasteiger partial charge in [0.1, 0.15) is 0 Å². The molecule has 0 bridgehead atoms. The molecule has 0 N–H and O–H groups in total. The maximum atomic E-state index is 2.65. The lowest BCUT2D eigenvalue weighted by molar-refractivity contribution is 0.224. The molecule has 1 aromatic heterocycles. The van der Waals surface area contributed by atoms with E-state index in [9.17, 15) is 0 Å². The zero-order valence-electron chi connectivity index (χ0n) is 13.9. The minimum absolute atomic E-state index is 1.13. The fourth-order valence-electron chi connectivity index (χ4n) is 4.03. The number of aryl methyl sites for hydroxylation is 1. The number of unbranched alkanes of at least 4 members (excludes halogenated alkanes) is 1. The van der Waals surface area contributed by atoms with Crippen LogP contribution in [0.3, 0.4) is 0 Å². The lowest BCUT2D eigenvalue weighted by Crippen LogP contribution is -2.30. The molecule has 0 atom stereocenters. The first-order valence-electron chi connectivity index (χ1n) is 9.12. The SMILES string of the molecule is c1ccc2c(c1)c1ccccc1n2CCCCN1CCCCC1. The Balaban J connectivity index is 1.49. The predicted octanol–water partition coefficient (Wildman–Crippen LogP) is 5.06. The number of hydrogen-bond donors (Lipinski definition) is 0. The van der Waals surface area contributed by atoms with Crippen LogP contribution in [0, 0.1) is 0 Å². The third-order valence-electron chi connectivity index (χ3n) is 5.23. The van der Waals surface area contributed by atoms with Crippen LogP contribution in [-0.2, 0) is 6.54 Å². The van der Waals surface area contributed by atoms with Crippen LogP contribution < -0.4 is 0 Å². The molecular formula is C21H26N2. The minimum atomic E-state index is 1.13. The van der Waals surface area contributed by atoms with E-state index >= 15 is 0 Å². The number of para-hydroxylation sites is 2. The molecule has 4 rings (SSSR count). The van der Waals surface area contributed by atoms with E-state index in [1.54, 1.807) is 0 Å². The molecule has 0 spiro atoms. The Kier molecular flexibility index (Phi) is 4.34. The van der Waals surface area contributed by atoms with Crippen molar-refractivity contribution in [3.05, 3.63) is 48.5 Å². The summed E-state index contributed by atoms with van der Waals surface area (Å²) in [5.41, 5.74) is 2.76. The van der Waals surface area contributed by atoms with Gasteiger partial charge in [-0.05, 0) is 57.5 Å². The van der Waals surface area contributed by atoms with E-state index in [1.165, 1.54) is 73.5 Å². The molecule has 2 heterocycles. The predicted molar refractivity (Wildman–Crippen MR) is 99.0 cm³/mol. The fraction of sp³-hybridized carbons (Fsp3) is 0.429. The standard InChI is InChI=1S/C21H26N2/c1-6-14-22(15-7-1)16-8-9-17-23-20-12-4-2-10-18(20)19-11-3-5-13-21(19)23/h2-5,10-13H,1,6-9,14-17H2. The highest BCUT2D eigenvalue weighted by Crippen LogP contribution is 2.28. The van der Waals surface area contributed by atoms with Crippen LogP contribution in [0.4, 0.5) is 0 Å². The summed E-state index contributed by atoms with van der Waals surface area (Å²) in [5.74, 6) is 0. The molecule has 120 valence electrons. The first-order chi connectivity index (χ1) is 11.4. The van der Waals surface area contributed by atoms with Crippen LogP contribution >= 0.6 is 0 Å². The van der Waals surface area contributed by atoms with Gasteiger partial charge < -0.3 is 9.47 Å². The fourth-order valence-corrected chi connectivity index (χ4v) is 4.03. The summed E-state index contributed by atoms with van der Waals surface area (Å²) in [6.45, 7) is 5.03. The van der Waals surface area contributed by atoms with E-state index in [4.69, 9.17) is 0 Å². The monoisotopic (exact) mass is 306 g/mol. The second-order valence-electron chi connectivity index (χ2n) is 6.80. The number of rotatable bonds is 5. The van der Waals surface area contributed by atoms with Gasteiger partial charge in [0.15, 0.2) is 0 Å². The molecule has 23 heavy (non-hydrogen) atoms. The Morgan fingerprint density at radius 3 is 1.87 bits per heavy atom. The summed E-state index contributed by atoms with van der Waals surface area (Å²) in [7, 11) is 0. The van der Waals surface area contributed by atoms with Crippen molar-refractivity contribution >= 4 is 21.8 Å². The molecule has 0 unspecified atom stereocenters. The summed E-state index contributed by atoms with van der Waals surface area (Å²) in [6.07, 6.45) is 6.79. The minimum Gasteiger partial charge on any atom is -0.340 e. The topological polar surface area (TPSA) is 8.17 Å². The van der Waals surface area contributed by atoms with Crippen LogP contribution in [0.5, 0.6) is 0 Å². The maximum Gasteiger partial charge on any atom is 0.0491 e. The molecule has 1 aliphatic rings. The highest BCUT2D eigenvalue weighted by molar-refractivity contribution is 6.07. The van der Waals surface area contributed by atoms with E-state index in [2.05, 4.69) is 58.0 Å². The molecule has 0 aliphatic carbocycles. The second kappa shape index (κ2) is 6.76. The molecule has 2 heteroatoms. The smallest absolute Gasteiger partial charge is 0.0491 e. The number of nitrogens with zero attached hydrogens (tertiary/aromatic N) is 2. The van der Waals surface area contributed by atoms with Crippen molar-refractivity contribution in [3.8, 4) is 0 Å². The van der Waals surface area contributed by atoms with Gasteiger partial charge in [-0.1, -0.05) is 42.8 Å². The molecule has 0 amide bonds. The van der Waals surface area contributed by atoms with E-state index in [0.717, 1.165) is 6.54 Å². The van der Waals surface area contributed by atoms with E-state index in [0.29, 0.717) is 0 Å². The van der Waals surface area contributed by atoms with Crippen molar-refractivity contribution < 1.29 is 0 Å². The molecule has 1 saturated heterocycles. The van der Waals surface area contributed by atoms with Crippen molar-refractivity contribution in [3.63, 3.8) is 0 Å². The van der Waals surface area contributed by atoms with Gasteiger partial charge in [-0.25, -0.2) is 0 Å². The van der Waals surface area contributed by atoms with Crippen molar-refractivity contribution in [2.75, 3.05) is 19.6 Å². The molecular weight excluding hydrogens is 280 g/mol. The first-order valence-corrected chi connectivity index (χ1v) is 9.12. The number of fused-ring (bicyclic) bond motifs is 3. The Morgan fingerprint density at radius 1 is 0.652 bits per heavy atom. The van der Waals surface area contributed by atoms with Crippen molar-refractivity contribution in [1.29, 1.82) is 0 Å². The van der Waals surface area contributed by atoms with Crippen molar-refractivity contribution in [2.45, 2.75) is 38.6 Å². The molecule has 1 aliphatic heterocycles. The van der Waals surface area contributed by atoms with Crippen LogP contribution in [-0.4, -0.2) is 29.1 Å². The highest BCUT2D eigenvalue weighted by Gasteiger charge is 2.11. The van der Waals surface area contributed by atoms with Crippen molar-refractivity contribution in [1.82, 2.24) is 9.47 Å². The average molecular weight is 306 g/mol. The first kappa shape index (κ1) is 14.8. The Hall–Kier alpha value is -1.80. The summed E-state index contributed by atoms with van der Waals surface area (Å²) < 4.78 is 2.51. The Morgan fingerprint density at radius 2 is 1.22 bits per heavy atom. The Bertz CT molecular complexity index is 727. The Labute approximate surface area is 138 Å². The summed E-state index contributed by atoms with van der Waals surface area (Å²) in [5, 5.41) is 2.78. The normalized spacial score (nSPS) is 16.3. The van der Waals surface area contributed by atoms with Crippen LogP contribution in [0.15, 0.2) is 48.5 Å². The third-order valence-corrected chi connectivity index (χ3v) is 5.23. The number of piperidine rings is 1.